The molecule has 2 aromatic rings. The molecular formula is C29H42Cl2N2O2. The monoisotopic (exact) mass is 520 g/mol. The van der Waals surface area contributed by atoms with Crippen molar-refractivity contribution < 1.29 is 9.90 Å². The first-order chi connectivity index (χ1) is 16.2. The van der Waals surface area contributed by atoms with Crippen molar-refractivity contribution in [2.75, 3.05) is 19.6 Å². The minimum Gasteiger partial charge on any atom is -0.481 e. The molecule has 2 aromatic carbocycles. The predicted octanol–water partition coefficient (Wildman–Crippen LogP) is 6.47. The Balaban J connectivity index is 0.00000216. The number of nitrogens with one attached hydrogen (secondary N) is 1. The summed E-state index contributed by atoms with van der Waals surface area (Å²) in [5, 5.41) is 12.5. The lowest BCUT2D eigenvalue weighted by Crippen LogP contribution is -2.39. The maximum absolute atomic E-state index is 11.0. The van der Waals surface area contributed by atoms with Gasteiger partial charge in [-0.3, -0.25) is 9.69 Å². The Morgan fingerprint density at radius 2 is 1.51 bits per heavy atom. The summed E-state index contributed by atoms with van der Waals surface area (Å²) in [6.45, 7) is 4.35. The lowest BCUT2D eigenvalue weighted by atomic mass is 9.82. The van der Waals surface area contributed by atoms with Crippen LogP contribution in [0.1, 0.15) is 74.0 Å². The SMILES string of the molecule is Cl.Cl.O=C(O)CC[C@H]1CC[C@H](N(CCc2ccccc2)Cc2ccc(C3CCNCC3)cc2)CC1. The number of carboxylic acid groups (broad SMARTS) is 1. The van der Waals surface area contributed by atoms with Crippen LogP contribution in [0.4, 0.5) is 0 Å². The summed E-state index contributed by atoms with van der Waals surface area (Å²) in [6, 6.07) is 20.8. The van der Waals surface area contributed by atoms with Crippen LogP contribution < -0.4 is 5.32 Å². The van der Waals surface area contributed by atoms with Crippen molar-refractivity contribution in [3.8, 4) is 0 Å². The molecule has 2 aliphatic rings. The number of nitrogens with zero attached hydrogens (tertiary/aromatic N) is 1. The molecule has 2 N–H and O–H groups in total. The highest BCUT2D eigenvalue weighted by Gasteiger charge is 2.26. The minimum atomic E-state index is -0.658. The van der Waals surface area contributed by atoms with E-state index in [0.717, 1.165) is 51.9 Å². The molecule has 4 rings (SSSR count). The smallest absolute Gasteiger partial charge is 0.303 e. The molecule has 1 heterocycles. The van der Waals surface area contributed by atoms with Crippen LogP contribution >= 0.6 is 24.8 Å². The third-order valence-corrected chi connectivity index (χ3v) is 7.81. The largest absolute Gasteiger partial charge is 0.481 e. The molecule has 0 atom stereocenters. The van der Waals surface area contributed by atoms with Crippen molar-refractivity contribution in [1.82, 2.24) is 10.2 Å². The summed E-state index contributed by atoms with van der Waals surface area (Å²) in [6.07, 6.45) is 9.41. The van der Waals surface area contributed by atoms with Gasteiger partial charge in [0.15, 0.2) is 0 Å². The molecule has 35 heavy (non-hydrogen) atoms. The molecule has 0 unspecified atom stereocenters. The standard InChI is InChI=1S/C29H40N2O2.2ClH/c32-29(33)15-10-24-8-13-28(14-9-24)31(21-18-23-4-2-1-3-5-23)22-25-6-11-26(12-7-25)27-16-19-30-20-17-27;;/h1-7,11-12,24,27-28,30H,8-10,13-22H2,(H,32,33);2*1H/t24-,28-;;. The fourth-order valence-electron chi connectivity index (χ4n) is 5.72. The zero-order valence-corrected chi connectivity index (χ0v) is 22.4. The molecule has 0 bridgehead atoms. The lowest BCUT2D eigenvalue weighted by Gasteiger charge is -2.37. The third-order valence-electron chi connectivity index (χ3n) is 7.81. The van der Waals surface area contributed by atoms with Gasteiger partial charge in [-0.25, -0.2) is 0 Å². The zero-order chi connectivity index (χ0) is 22.9. The lowest BCUT2D eigenvalue weighted by molar-refractivity contribution is -0.137. The highest BCUT2D eigenvalue weighted by atomic mass is 35.5. The van der Waals surface area contributed by atoms with Gasteiger partial charge in [0, 0.05) is 25.6 Å². The normalized spacial score (nSPS) is 20.6. The zero-order valence-electron chi connectivity index (χ0n) is 20.7. The van der Waals surface area contributed by atoms with Crippen LogP contribution in [-0.2, 0) is 17.8 Å². The highest BCUT2D eigenvalue weighted by molar-refractivity contribution is 5.85. The Morgan fingerprint density at radius 1 is 0.857 bits per heavy atom. The van der Waals surface area contributed by atoms with Crippen molar-refractivity contribution in [1.29, 1.82) is 0 Å². The van der Waals surface area contributed by atoms with Gasteiger partial charge in [0.2, 0.25) is 0 Å². The Kier molecular flexibility index (Phi) is 13.1. The summed E-state index contributed by atoms with van der Waals surface area (Å²) in [7, 11) is 0. The van der Waals surface area contributed by atoms with Crippen LogP contribution in [0.15, 0.2) is 54.6 Å². The molecule has 0 radical (unpaired) electrons. The molecule has 0 spiro atoms. The van der Waals surface area contributed by atoms with Gasteiger partial charge < -0.3 is 10.4 Å². The van der Waals surface area contributed by atoms with Gasteiger partial charge >= 0.3 is 5.97 Å². The summed E-state index contributed by atoms with van der Waals surface area (Å²) in [4.78, 5) is 13.6. The average Bonchev–Trinajstić information content (AvgIpc) is 2.87. The number of halogens is 2. The summed E-state index contributed by atoms with van der Waals surface area (Å²) < 4.78 is 0. The molecule has 0 amide bonds. The summed E-state index contributed by atoms with van der Waals surface area (Å²) >= 11 is 0. The van der Waals surface area contributed by atoms with Gasteiger partial charge in [-0.15, -0.1) is 24.8 Å². The summed E-state index contributed by atoms with van der Waals surface area (Å²) in [5.41, 5.74) is 4.31. The molecule has 1 saturated carbocycles. The molecule has 4 nitrogen and oxygen atoms in total. The van der Waals surface area contributed by atoms with E-state index in [2.05, 4.69) is 64.8 Å². The quantitative estimate of drug-likeness (QED) is 0.377. The number of benzene rings is 2. The molecular weight excluding hydrogens is 479 g/mol. The van der Waals surface area contributed by atoms with Gasteiger partial charge in [-0.2, -0.15) is 0 Å². The van der Waals surface area contributed by atoms with Gasteiger partial charge in [-0.1, -0.05) is 54.6 Å². The van der Waals surface area contributed by atoms with Crippen LogP contribution in [0.5, 0.6) is 0 Å². The number of aliphatic carboxylic acids is 1. The minimum absolute atomic E-state index is 0. The fraction of sp³-hybridized carbons (Fsp3) is 0.552. The topological polar surface area (TPSA) is 52.6 Å². The van der Waals surface area contributed by atoms with Crippen molar-refractivity contribution in [2.45, 2.75) is 76.3 Å². The van der Waals surface area contributed by atoms with Gasteiger partial charge in [-0.05, 0) is 93.0 Å². The second kappa shape index (κ2) is 15.5. The Labute approximate surface area is 223 Å². The first-order valence-electron chi connectivity index (χ1n) is 13.0. The van der Waals surface area contributed by atoms with Gasteiger partial charge in [0.1, 0.15) is 0 Å². The average molecular weight is 522 g/mol. The maximum atomic E-state index is 11.0. The fourth-order valence-corrected chi connectivity index (χ4v) is 5.72. The second-order valence-corrected chi connectivity index (χ2v) is 10.1. The van der Waals surface area contributed by atoms with Gasteiger partial charge in [0.05, 0.1) is 0 Å². The first-order valence-corrected chi connectivity index (χ1v) is 13.0. The van der Waals surface area contributed by atoms with E-state index in [1.165, 1.54) is 42.4 Å². The number of rotatable bonds is 10. The van der Waals surface area contributed by atoms with E-state index in [-0.39, 0.29) is 24.8 Å². The van der Waals surface area contributed by atoms with Gasteiger partial charge in [0.25, 0.3) is 0 Å². The van der Waals surface area contributed by atoms with Crippen molar-refractivity contribution in [2.24, 2.45) is 5.92 Å². The van der Waals surface area contributed by atoms with E-state index in [9.17, 15) is 4.79 Å². The number of hydrogen-bond donors (Lipinski definition) is 2. The van der Waals surface area contributed by atoms with E-state index in [1.807, 2.05) is 0 Å². The highest BCUT2D eigenvalue weighted by Crippen LogP contribution is 2.32. The van der Waals surface area contributed by atoms with Crippen LogP contribution in [0, 0.1) is 5.92 Å². The Hall–Kier alpha value is -1.59. The number of carbonyl (C=O) groups is 1. The van der Waals surface area contributed by atoms with Crippen molar-refractivity contribution in [3.63, 3.8) is 0 Å². The maximum Gasteiger partial charge on any atom is 0.303 e. The van der Waals surface area contributed by atoms with E-state index >= 15 is 0 Å². The molecule has 194 valence electrons. The Bertz CT molecular complexity index is 849. The molecule has 1 saturated heterocycles. The number of carboxylic acids is 1. The third kappa shape index (κ3) is 9.42. The van der Waals surface area contributed by atoms with Crippen LogP contribution in [-0.4, -0.2) is 41.7 Å². The van der Waals surface area contributed by atoms with Crippen LogP contribution in [0.3, 0.4) is 0 Å². The second-order valence-electron chi connectivity index (χ2n) is 10.1. The van der Waals surface area contributed by atoms with E-state index in [1.54, 1.807) is 0 Å². The van der Waals surface area contributed by atoms with E-state index in [0.29, 0.717) is 24.3 Å². The van der Waals surface area contributed by atoms with Crippen LogP contribution in [0.25, 0.3) is 0 Å². The van der Waals surface area contributed by atoms with Crippen molar-refractivity contribution >= 4 is 30.8 Å². The number of hydrogen-bond acceptors (Lipinski definition) is 3. The molecule has 1 aliphatic carbocycles. The Morgan fingerprint density at radius 3 is 2.14 bits per heavy atom. The van der Waals surface area contributed by atoms with Crippen LogP contribution in [0.2, 0.25) is 0 Å². The molecule has 2 fully saturated rings. The summed E-state index contributed by atoms with van der Waals surface area (Å²) in [5.74, 6) is 0.628. The first kappa shape index (κ1) is 29.6. The van der Waals surface area contributed by atoms with Crippen molar-refractivity contribution in [3.05, 3.63) is 71.3 Å². The molecule has 6 heteroatoms. The number of piperidine rings is 1. The van der Waals surface area contributed by atoms with E-state index < -0.39 is 5.97 Å². The molecule has 0 aromatic heterocycles. The molecule has 1 aliphatic heterocycles. The van der Waals surface area contributed by atoms with E-state index in [4.69, 9.17) is 5.11 Å². The predicted molar refractivity (Wildman–Crippen MR) is 149 cm³/mol.